The third-order valence-electron chi connectivity index (χ3n) is 7.52. The Balaban J connectivity index is 1.63. The van der Waals surface area contributed by atoms with Crippen molar-refractivity contribution in [2.75, 3.05) is 16.4 Å². The molecule has 1 aromatic heterocycles. The van der Waals surface area contributed by atoms with E-state index in [1.165, 1.54) is 30.5 Å². The summed E-state index contributed by atoms with van der Waals surface area (Å²) in [5.74, 6) is -7.22. The normalized spacial score (nSPS) is 18.8. The molecule has 1 aliphatic heterocycles. The number of aromatic nitrogens is 2. The van der Waals surface area contributed by atoms with Crippen LogP contribution in [-0.2, 0) is 14.3 Å². The van der Waals surface area contributed by atoms with E-state index < -0.39 is 72.1 Å². The number of nitrogens with one attached hydrogen (secondary N) is 1. The lowest BCUT2D eigenvalue weighted by Crippen LogP contribution is -2.58. The molecule has 0 radical (unpaired) electrons. The van der Waals surface area contributed by atoms with Crippen LogP contribution in [0.2, 0.25) is 5.02 Å². The average Bonchev–Trinajstić information content (AvgIpc) is 3.00. The van der Waals surface area contributed by atoms with Crippen molar-refractivity contribution < 1.29 is 36.7 Å². The van der Waals surface area contributed by atoms with E-state index in [1.807, 2.05) is 6.07 Å². The zero-order valence-corrected chi connectivity index (χ0v) is 24.2. The fourth-order valence-corrected chi connectivity index (χ4v) is 5.61. The molecule has 0 bridgehead atoms. The van der Waals surface area contributed by atoms with Gasteiger partial charge in [0, 0.05) is 48.2 Å². The minimum Gasteiger partial charge on any atom is -0.449 e. The average molecular weight is 645 g/mol. The number of hydrogen-bond acceptors (Lipinski definition) is 7. The second-order valence-electron chi connectivity index (χ2n) is 10.5. The highest BCUT2D eigenvalue weighted by Crippen LogP contribution is 2.37. The highest BCUT2D eigenvalue weighted by molar-refractivity contribution is 6.31. The predicted molar refractivity (Wildman–Crippen MR) is 152 cm³/mol. The van der Waals surface area contributed by atoms with Crippen LogP contribution >= 0.6 is 11.6 Å². The smallest absolute Gasteiger partial charge is 0.417 e. The van der Waals surface area contributed by atoms with Gasteiger partial charge in [-0.3, -0.25) is 14.5 Å². The molecule has 0 unspecified atom stereocenters. The number of cyclic esters (lactones) is 1. The molecular weight excluding hydrogens is 620 g/mol. The summed E-state index contributed by atoms with van der Waals surface area (Å²) in [5, 5.41) is 12.0. The molecule has 2 aromatic carbocycles. The van der Waals surface area contributed by atoms with Gasteiger partial charge in [0.1, 0.15) is 35.5 Å². The summed E-state index contributed by atoms with van der Waals surface area (Å²) >= 11 is 6.51. The number of carbonyl (C=O) groups is 3. The van der Waals surface area contributed by atoms with E-state index in [-0.39, 0.29) is 48.1 Å². The first-order chi connectivity index (χ1) is 21.5. The number of alkyl halides is 2. The number of carbonyl (C=O) groups excluding carboxylic acids is 3. The van der Waals surface area contributed by atoms with Gasteiger partial charge in [-0.1, -0.05) is 29.8 Å². The molecule has 5 rings (SSSR count). The van der Waals surface area contributed by atoms with Crippen molar-refractivity contribution in [1.82, 2.24) is 15.3 Å². The first kappa shape index (κ1) is 31.6. The number of halogens is 5. The van der Waals surface area contributed by atoms with Gasteiger partial charge in [-0.05, 0) is 37.1 Å². The lowest BCUT2D eigenvalue weighted by Gasteiger charge is -2.39. The molecule has 1 N–H and O–H groups in total. The predicted octanol–water partition coefficient (Wildman–Crippen LogP) is 5.46. The molecule has 1 saturated carbocycles. The number of benzene rings is 2. The second kappa shape index (κ2) is 13.1. The molecule has 2 atom stereocenters. The largest absolute Gasteiger partial charge is 0.449 e. The Morgan fingerprint density at radius 2 is 1.80 bits per heavy atom. The van der Waals surface area contributed by atoms with Gasteiger partial charge in [0.05, 0.1) is 12.3 Å². The van der Waals surface area contributed by atoms with Gasteiger partial charge in [0.25, 0.3) is 5.91 Å². The maximum absolute atomic E-state index is 14.7. The Bertz CT molecular complexity index is 1640. The number of anilines is 2. The van der Waals surface area contributed by atoms with Crippen molar-refractivity contribution in [2.24, 2.45) is 0 Å². The summed E-state index contributed by atoms with van der Waals surface area (Å²) < 4.78 is 62.2. The molecule has 1 aliphatic carbocycles. The lowest BCUT2D eigenvalue weighted by atomic mass is 9.91. The number of amides is 3. The van der Waals surface area contributed by atoms with E-state index >= 15 is 0 Å². The molecule has 0 spiro atoms. The SMILES string of the molecule is N#Cc1ccnc(N2C(=O)OCC[C@H]2C(=O)N(c2cc(F)cc(F)c2)[C@H](C(=O)NC2CCC(F)(F)CC2)c2ccccc2Cl)n1. The van der Waals surface area contributed by atoms with E-state index in [1.54, 1.807) is 6.07 Å². The van der Waals surface area contributed by atoms with Crippen LogP contribution in [0.1, 0.15) is 49.4 Å². The second-order valence-corrected chi connectivity index (χ2v) is 10.9. The fraction of sp³-hybridized carbons (Fsp3) is 0.333. The van der Waals surface area contributed by atoms with Gasteiger partial charge in [0.15, 0.2) is 0 Å². The summed E-state index contributed by atoms with van der Waals surface area (Å²) in [6, 6.07) is 7.45. The van der Waals surface area contributed by atoms with Crippen molar-refractivity contribution in [3.05, 3.63) is 82.6 Å². The number of nitrogens with zero attached hydrogens (tertiary/aromatic N) is 5. The first-order valence-corrected chi connectivity index (χ1v) is 14.3. The quantitative estimate of drug-likeness (QED) is 0.338. The number of hydrogen-bond donors (Lipinski definition) is 1. The fourth-order valence-electron chi connectivity index (χ4n) is 5.37. The van der Waals surface area contributed by atoms with Crippen LogP contribution in [0, 0.1) is 23.0 Å². The third-order valence-corrected chi connectivity index (χ3v) is 7.86. The first-order valence-electron chi connectivity index (χ1n) is 13.9. The summed E-state index contributed by atoms with van der Waals surface area (Å²) in [7, 11) is 0. The highest BCUT2D eigenvalue weighted by Gasteiger charge is 2.45. The maximum Gasteiger partial charge on any atom is 0.417 e. The molecule has 3 aromatic rings. The Labute approximate surface area is 259 Å². The number of rotatable bonds is 7. The zero-order valence-electron chi connectivity index (χ0n) is 23.4. The zero-order chi connectivity index (χ0) is 32.3. The topological polar surface area (TPSA) is 129 Å². The van der Waals surface area contributed by atoms with Gasteiger partial charge in [-0.2, -0.15) is 5.26 Å². The van der Waals surface area contributed by atoms with Crippen LogP contribution in [0.3, 0.4) is 0 Å². The van der Waals surface area contributed by atoms with Crippen molar-refractivity contribution in [1.29, 1.82) is 5.26 Å². The minimum atomic E-state index is -2.88. The molecular formula is C30H25ClF4N6O4. The molecule has 2 fully saturated rings. The summed E-state index contributed by atoms with van der Waals surface area (Å²) in [6.07, 6.45) is -1.04. The van der Waals surface area contributed by atoms with Crippen LogP contribution in [0.5, 0.6) is 0 Å². The van der Waals surface area contributed by atoms with Crippen molar-refractivity contribution in [3.63, 3.8) is 0 Å². The summed E-state index contributed by atoms with van der Waals surface area (Å²) in [6.45, 7) is -0.242. The Morgan fingerprint density at radius 1 is 1.11 bits per heavy atom. The van der Waals surface area contributed by atoms with Gasteiger partial charge >= 0.3 is 6.09 Å². The molecule has 3 amide bonds. The van der Waals surface area contributed by atoms with Crippen LogP contribution in [0.4, 0.5) is 34.0 Å². The van der Waals surface area contributed by atoms with Crippen molar-refractivity contribution >= 4 is 41.1 Å². The van der Waals surface area contributed by atoms with Crippen molar-refractivity contribution in [3.8, 4) is 6.07 Å². The number of nitriles is 1. The maximum atomic E-state index is 14.7. The van der Waals surface area contributed by atoms with Crippen LogP contribution < -0.4 is 15.1 Å². The lowest BCUT2D eigenvalue weighted by molar-refractivity contribution is -0.128. The van der Waals surface area contributed by atoms with Crippen LogP contribution in [-0.4, -0.2) is 52.5 Å². The van der Waals surface area contributed by atoms with E-state index in [0.29, 0.717) is 6.07 Å². The van der Waals surface area contributed by atoms with Gasteiger partial charge in [-0.15, -0.1) is 0 Å². The van der Waals surface area contributed by atoms with Gasteiger partial charge < -0.3 is 10.1 Å². The van der Waals surface area contributed by atoms with Crippen LogP contribution in [0.25, 0.3) is 0 Å². The van der Waals surface area contributed by atoms with Crippen molar-refractivity contribution in [2.45, 2.75) is 56.2 Å². The standard InChI is InChI=1S/C30H25ClF4N6O4/c31-23-4-2-1-3-22(23)25(26(42)38-19-5-9-30(34,35)10-6-19)40(21-14-17(32)13-18(33)15-21)27(43)24-8-12-45-29(44)41(24)28-37-11-7-20(16-36)39-28/h1-4,7,11,13-15,19,24-25H,5-6,8-10,12H2,(H,38,42)/t24-,25-/m0/s1. The third kappa shape index (κ3) is 6.99. The molecule has 15 heteroatoms. The Hall–Kier alpha value is -4.77. The summed E-state index contributed by atoms with van der Waals surface area (Å²) in [5.41, 5.74) is -0.457. The van der Waals surface area contributed by atoms with E-state index in [0.717, 1.165) is 21.9 Å². The van der Waals surface area contributed by atoms with E-state index in [4.69, 9.17) is 16.3 Å². The van der Waals surface area contributed by atoms with E-state index in [9.17, 15) is 37.2 Å². The van der Waals surface area contributed by atoms with Gasteiger partial charge in [0.2, 0.25) is 17.8 Å². The molecule has 2 aliphatic rings. The highest BCUT2D eigenvalue weighted by atomic mass is 35.5. The molecule has 1 saturated heterocycles. The van der Waals surface area contributed by atoms with Crippen LogP contribution in [0.15, 0.2) is 54.7 Å². The Kier molecular flexibility index (Phi) is 9.19. The molecule has 45 heavy (non-hydrogen) atoms. The number of ether oxygens (including phenoxy) is 1. The minimum absolute atomic E-state index is 0.0208. The summed E-state index contributed by atoms with van der Waals surface area (Å²) in [4.78, 5) is 51.3. The van der Waals surface area contributed by atoms with E-state index in [2.05, 4.69) is 15.3 Å². The molecule has 234 valence electrons. The molecule has 2 heterocycles. The van der Waals surface area contributed by atoms with Gasteiger partial charge in [-0.25, -0.2) is 37.2 Å². The monoisotopic (exact) mass is 644 g/mol. The molecule has 10 nitrogen and oxygen atoms in total. The Morgan fingerprint density at radius 3 is 2.47 bits per heavy atom.